The SMILES string of the molecule is Nc1ccc([I-]c2ccccc2)cc1. The predicted octanol–water partition coefficient (Wildman–Crippen LogP) is -0.603. The first-order chi connectivity index (χ1) is 6.84. The van der Waals surface area contributed by atoms with Crippen LogP contribution >= 0.6 is 0 Å². The van der Waals surface area contributed by atoms with E-state index in [1.165, 1.54) is 7.14 Å². The van der Waals surface area contributed by atoms with Crippen LogP contribution in [0.3, 0.4) is 0 Å². The van der Waals surface area contributed by atoms with E-state index in [4.69, 9.17) is 5.73 Å². The van der Waals surface area contributed by atoms with Gasteiger partial charge in [-0.2, -0.15) is 0 Å². The van der Waals surface area contributed by atoms with Crippen LogP contribution in [0.4, 0.5) is 5.69 Å². The van der Waals surface area contributed by atoms with E-state index in [1.807, 2.05) is 12.1 Å². The second-order valence-corrected chi connectivity index (χ2v) is 5.97. The van der Waals surface area contributed by atoms with Crippen LogP contribution in [0.25, 0.3) is 0 Å². The van der Waals surface area contributed by atoms with Crippen molar-refractivity contribution in [3.05, 3.63) is 61.7 Å². The van der Waals surface area contributed by atoms with Crippen LogP contribution in [0.1, 0.15) is 0 Å². The molecule has 0 aliphatic heterocycles. The Labute approximate surface area is 94.2 Å². The molecule has 0 fully saturated rings. The Morgan fingerprint density at radius 2 is 1.29 bits per heavy atom. The van der Waals surface area contributed by atoms with Crippen LogP contribution in [0, 0.1) is 7.14 Å². The predicted molar refractivity (Wildman–Crippen MR) is 54.7 cm³/mol. The third-order valence-corrected chi connectivity index (χ3v) is 4.51. The molecule has 0 radical (unpaired) electrons. The first-order valence-electron chi connectivity index (χ1n) is 4.40. The van der Waals surface area contributed by atoms with Crippen molar-refractivity contribution in [1.82, 2.24) is 0 Å². The number of hydrogen-bond acceptors (Lipinski definition) is 1. The average Bonchev–Trinajstić information content (AvgIpc) is 2.23. The van der Waals surface area contributed by atoms with Gasteiger partial charge in [0.2, 0.25) is 0 Å². The number of hydrogen-bond donors (Lipinski definition) is 1. The molecule has 2 N–H and O–H groups in total. The summed E-state index contributed by atoms with van der Waals surface area (Å²) in [6.07, 6.45) is 0. The fourth-order valence-electron chi connectivity index (χ4n) is 1.13. The van der Waals surface area contributed by atoms with Gasteiger partial charge in [-0.25, -0.2) is 0 Å². The first-order valence-corrected chi connectivity index (χ1v) is 6.56. The van der Waals surface area contributed by atoms with Crippen molar-refractivity contribution in [3.8, 4) is 0 Å². The van der Waals surface area contributed by atoms with Gasteiger partial charge in [0, 0.05) is 0 Å². The number of rotatable bonds is 2. The number of nitrogen functional groups attached to an aromatic ring is 1. The van der Waals surface area contributed by atoms with Gasteiger partial charge in [-0.3, -0.25) is 0 Å². The molecule has 0 aliphatic rings. The molecule has 0 unspecified atom stereocenters. The van der Waals surface area contributed by atoms with Crippen LogP contribution in [0.5, 0.6) is 0 Å². The van der Waals surface area contributed by atoms with E-state index in [0.29, 0.717) is 0 Å². The van der Waals surface area contributed by atoms with E-state index < -0.39 is 0 Å². The zero-order chi connectivity index (χ0) is 9.80. The standard InChI is InChI=1S/C12H11IN/c14-12-8-6-11(7-9-12)13-10-4-2-1-3-5-10/h1-9H,14H2/q-1. The fraction of sp³-hybridized carbons (Fsp3) is 0. The number of nitrogens with two attached hydrogens (primary N) is 1. The fourth-order valence-corrected chi connectivity index (χ4v) is 3.34. The molecule has 2 aromatic carbocycles. The van der Waals surface area contributed by atoms with Gasteiger partial charge >= 0.3 is 94.4 Å². The molecule has 0 amide bonds. The molecule has 0 atom stereocenters. The van der Waals surface area contributed by atoms with E-state index >= 15 is 0 Å². The van der Waals surface area contributed by atoms with Crippen LogP contribution < -0.4 is 26.9 Å². The Morgan fingerprint density at radius 3 is 1.93 bits per heavy atom. The van der Waals surface area contributed by atoms with Gasteiger partial charge in [-0.1, -0.05) is 0 Å². The first kappa shape index (κ1) is 9.52. The second-order valence-electron chi connectivity index (χ2n) is 2.94. The summed E-state index contributed by atoms with van der Waals surface area (Å²) in [4.78, 5) is 0. The molecule has 0 saturated heterocycles. The Hall–Kier alpha value is -1.03. The minimum absolute atomic E-state index is 0.0396. The summed E-state index contributed by atoms with van der Waals surface area (Å²) < 4.78 is 2.85. The van der Waals surface area contributed by atoms with Gasteiger partial charge in [-0.05, 0) is 0 Å². The summed E-state index contributed by atoms with van der Waals surface area (Å²) >= 11 is -0.0396. The number of anilines is 1. The molecule has 0 saturated carbocycles. The van der Waals surface area contributed by atoms with Crippen molar-refractivity contribution in [2.75, 3.05) is 5.73 Å². The van der Waals surface area contributed by atoms with Gasteiger partial charge in [0.05, 0.1) is 0 Å². The van der Waals surface area contributed by atoms with Crippen molar-refractivity contribution in [2.45, 2.75) is 0 Å². The van der Waals surface area contributed by atoms with E-state index in [2.05, 4.69) is 42.5 Å². The van der Waals surface area contributed by atoms with Gasteiger partial charge in [0.25, 0.3) is 0 Å². The van der Waals surface area contributed by atoms with E-state index in [9.17, 15) is 0 Å². The van der Waals surface area contributed by atoms with Crippen LogP contribution in [0.2, 0.25) is 0 Å². The van der Waals surface area contributed by atoms with E-state index in [0.717, 1.165) is 5.69 Å². The Balaban J connectivity index is 2.16. The molecule has 14 heavy (non-hydrogen) atoms. The average molecular weight is 296 g/mol. The normalized spacial score (nSPS) is 10.3. The Bertz CT molecular complexity index is 394. The van der Waals surface area contributed by atoms with Gasteiger partial charge in [0.15, 0.2) is 0 Å². The summed E-state index contributed by atoms with van der Waals surface area (Å²) in [6, 6.07) is 18.8. The van der Waals surface area contributed by atoms with Gasteiger partial charge < -0.3 is 0 Å². The molecular weight excluding hydrogens is 285 g/mol. The quantitative estimate of drug-likeness (QED) is 0.581. The van der Waals surface area contributed by atoms with Crippen molar-refractivity contribution in [2.24, 2.45) is 0 Å². The van der Waals surface area contributed by atoms with Crippen LogP contribution in [-0.4, -0.2) is 0 Å². The molecule has 72 valence electrons. The third-order valence-electron chi connectivity index (χ3n) is 1.82. The third kappa shape index (κ3) is 2.48. The molecule has 0 aromatic heterocycles. The summed E-state index contributed by atoms with van der Waals surface area (Å²) in [5.41, 5.74) is 6.47. The maximum atomic E-state index is 5.63. The summed E-state index contributed by atoms with van der Waals surface area (Å²) in [6.45, 7) is 0. The van der Waals surface area contributed by atoms with Crippen LogP contribution in [-0.2, 0) is 0 Å². The molecule has 0 heterocycles. The van der Waals surface area contributed by atoms with E-state index in [-0.39, 0.29) is 21.2 Å². The topological polar surface area (TPSA) is 26.0 Å². The summed E-state index contributed by atoms with van der Waals surface area (Å²) in [5.74, 6) is 0. The Morgan fingerprint density at radius 1 is 0.714 bits per heavy atom. The molecule has 2 heteroatoms. The second kappa shape index (κ2) is 4.46. The van der Waals surface area contributed by atoms with Crippen molar-refractivity contribution in [1.29, 1.82) is 0 Å². The monoisotopic (exact) mass is 296 g/mol. The van der Waals surface area contributed by atoms with Crippen LogP contribution in [0.15, 0.2) is 54.6 Å². The molecule has 2 rings (SSSR count). The number of benzene rings is 2. The maximum absolute atomic E-state index is 5.63. The summed E-state index contributed by atoms with van der Waals surface area (Å²) in [5, 5.41) is 0. The molecule has 1 nitrogen and oxygen atoms in total. The van der Waals surface area contributed by atoms with Gasteiger partial charge in [0.1, 0.15) is 0 Å². The Kier molecular flexibility index (Phi) is 3.03. The minimum atomic E-state index is -0.0396. The van der Waals surface area contributed by atoms with Crippen molar-refractivity contribution >= 4 is 5.69 Å². The van der Waals surface area contributed by atoms with E-state index in [1.54, 1.807) is 0 Å². The molecular formula is C12H11IN-. The zero-order valence-corrected chi connectivity index (χ0v) is 9.81. The molecule has 0 aliphatic carbocycles. The number of halogens is 1. The summed E-state index contributed by atoms with van der Waals surface area (Å²) in [7, 11) is 0. The molecule has 2 aromatic rings. The van der Waals surface area contributed by atoms with Crippen molar-refractivity contribution in [3.63, 3.8) is 0 Å². The van der Waals surface area contributed by atoms with Crippen molar-refractivity contribution < 1.29 is 21.2 Å². The molecule has 0 spiro atoms. The molecule has 0 bridgehead atoms. The zero-order valence-electron chi connectivity index (χ0n) is 7.65. The van der Waals surface area contributed by atoms with Gasteiger partial charge in [-0.15, -0.1) is 0 Å².